The van der Waals surface area contributed by atoms with E-state index in [2.05, 4.69) is 26.1 Å². The Balaban J connectivity index is 1.62. The molecule has 1 aliphatic heterocycles. The van der Waals surface area contributed by atoms with Gasteiger partial charge in [-0.3, -0.25) is 9.59 Å². The van der Waals surface area contributed by atoms with E-state index in [9.17, 15) is 9.59 Å². The van der Waals surface area contributed by atoms with Crippen molar-refractivity contribution in [1.29, 1.82) is 0 Å². The third-order valence-corrected chi connectivity index (χ3v) is 5.06. The van der Waals surface area contributed by atoms with E-state index in [4.69, 9.17) is 4.74 Å². The molecule has 0 saturated heterocycles. The van der Waals surface area contributed by atoms with Gasteiger partial charge in [-0.2, -0.15) is 0 Å². The summed E-state index contributed by atoms with van der Waals surface area (Å²) in [6.45, 7) is 9.22. The molecule has 0 aromatic heterocycles. The first-order valence-corrected chi connectivity index (χ1v) is 9.64. The quantitative estimate of drug-likeness (QED) is 0.886. The Hall–Kier alpha value is -2.82. The van der Waals surface area contributed by atoms with Crippen molar-refractivity contribution in [3.05, 3.63) is 65.2 Å². The van der Waals surface area contributed by atoms with Crippen molar-refractivity contribution in [1.82, 2.24) is 10.2 Å². The summed E-state index contributed by atoms with van der Waals surface area (Å²) >= 11 is 0. The molecule has 0 saturated carbocycles. The zero-order valence-electron chi connectivity index (χ0n) is 17.0. The van der Waals surface area contributed by atoms with Crippen LogP contribution in [0.15, 0.2) is 48.5 Å². The Bertz CT molecular complexity index is 853. The number of para-hydroxylation sites is 1. The number of carbonyl (C=O) groups is 2. The van der Waals surface area contributed by atoms with Crippen LogP contribution in [0.2, 0.25) is 0 Å². The molecule has 2 amide bonds. The van der Waals surface area contributed by atoms with E-state index in [-0.39, 0.29) is 29.8 Å². The molecule has 0 aliphatic carbocycles. The maximum Gasteiger partial charge on any atom is 0.251 e. The molecule has 0 fully saturated rings. The second-order valence-corrected chi connectivity index (χ2v) is 8.30. The SMILES string of the molecule is CC1COc2ccccc2CN1C(=O)CNC(=O)c1ccc(C(C)(C)C)cc1. The van der Waals surface area contributed by atoms with Crippen molar-refractivity contribution in [2.24, 2.45) is 0 Å². The van der Waals surface area contributed by atoms with Crippen LogP contribution in [0.5, 0.6) is 5.75 Å². The van der Waals surface area contributed by atoms with E-state index >= 15 is 0 Å². The summed E-state index contributed by atoms with van der Waals surface area (Å²) in [6.07, 6.45) is 0. The monoisotopic (exact) mass is 380 g/mol. The minimum absolute atomic E-state index is 0.0340. The standard InChI is InChI=1S/C23H28N2O3/c1-16-15-28-20-8-6-5-7-18(20)14-25(16)21(26)13-24-22(27)17-9-11-19(12-10-17)23(2,3)4/h5-12,16H,13-15H2,1-4H3,(H,24,27). The molecule has 28 heavy (non-hydrogen) atoms. The highest BCUT2D eigenvalue weighted by atomic mass is 16.5. The van der Waals surface area contributed by atoms with Crippen LogP contribution in [0, 0.1) is 0 Å². The average molecular weight is 380 g/mol. The Kier molecular flexibility index (Phi) is 5.73. The molecule has 2 aromatic carbocycles. The Morgan fingerprint density at radius 3 is 2.46 bits per heavy atom. The number of nitrogens with one attached hydrogen (secondary N) is 1. The van der Waals surface area contributed by atoms with E-state index in [1.54, 1.807) is 17.0 Å². The number of hydrogen-bond donors (Lipinski definition) is 1. The predicted octanol–water partition coefficient (Wildman–Crippen LogP) is 3.52. The average Bonchev–Trinajstić information content (AvgIpc) is 2.84. The number of rotatable bonds is 3. The summed E-state index contributed by atoms with van der Waals surface area (Å²) < 4.78 is 5.79. The second kappa shape index (κ2) is 8.05. The molecule has 5 nitrogen and oxygen atoms in total. The molecule has 148 valence electrons. The topological polar surface area (TPSA) is 58.6 Å². The molecule has 0 radical (unpaired) electrons. The van der Waals surface area contributed by atoms with Crippen molar-refractivity contribution in [3.63, 3.8) is 0 Å². The van der Waals surface area contributed by atoms with E-state index < -0.39 is 0 Å². The molecule has 1 aliphatic rings. The van der Waals surface area contributed by atoms with Crippen LogP contribution in [0.3, 0.4) is 0 Å². The first kappa shape index (κ1) is 19.9. The van der Waals surface area contributed by atoms with Crippen molar-refractivity contribution in [2.75, 3.05) is 13.2 Å². The third kappa shape index (κ3) is 4.53. The molecule has 2 aromatic rings. The molecule has 1 heterocycles. The van der Waals surface area contributed by atoms with Crippen LogP contribution in [-0.2, 0) is 16.8 Å². The number of benzene rings is 2. The fraction of sp³-hybridized carbons (Fsp3) is 0.391. The maximum absolute atomic E-state index is 12.7. The van der Waals surface area contributed by atoms with Gasteiger partial charge in [0.2, 0.25) is 5.91 Å². The summed E-state index contributed by atoms with van der Waals surface area (Å²) in [5, 5.41) is 2.75. The normalized spacial score (nSPS) is 16.6. The summed E-state index contributed by atoms with van der Waals surface area (Å²) in [6, 6.07) is 15.2. The number of fused-ring (bicyclic) bond motifs is 1. The van der Waals surface area contributed by atoms with Crippen LogP contribution >= 0.6 is 0 Å². The zero-order chi connectivity index (χ0) is 20.3. The zero-order valence-corrected chi connectivity index (χ0v) is 17.0. The lowest BCUT2D eigenvalue weighted by molar-refractivity contribution is -0.133. The molecule has 1 unspecified atom stereocenters. The predicted molar refractivity (Wildman–Crippen MR) is 109 cm³/mol. The summed E-state index contributed by atoms with van der Waals surface area (Å²) in [4.78, 5) is 26.9. The van der Waals surface area contributed by atoms with E-state index in [0.717, 1.165) is 16.9 Å². The number of nitrogens with zero attached hydrogens (tertiary/aromatic N) is 1. The van der Waals surface area contributed by atoms with Crippen molar-refractivity contribution < 1.29 is 14.3 Å². The molecular formula is C23H28N2O3. The second-order valence-electron chi connectivity index (χ2n) is 8.30. The maximum atomic E-state index is 12.7. The van der Waals surface area contributed by atoms with Crippen LogP contribution in [-0.4, -0.2) is 35.9 Å². The van der Waals surface area contributed by atoms with Gasteiger partial charge in [0, 0.05) is 17.7 Å². The van der Waals surface area contributed by atoms with Crippen LogP contribution < -0.4 is 10.1 Å². The lowest BCUT2D eigenvalue weighted by Gasteiger charge is -2.26. The fourth-order valence-corrected chi connectivity index (χ4v) is 3.23. The Morgan fingerprint density at radius 2 is 1.79 bits per heavy atom. The molecule has 0 spiro atoms. The minimum atomic E-state index is -0.243. The summed E-state index contributed by atoms with van der Waals surface area (Å²) in [5.74, 6) is 0.452. The van der Waals surface area contributed by atoms with Crippen molar-refractivity contribution in [2.45, 2.75) is 45.7 Å². The highest BCUT2D eigenvalue weighted by Crippen LogP contribution is 2.25. The van der Waals surface area contributed by atoms with Crippen LogP contribution in [0.25, 0.3) is 0 Å². The van der Waals surface area contributed by atoms with Gasteiger partial charge in [-0.25, -0.2) is 0 Å². The number of ether oxygens (including phenoxy) is 1. The first-order chi connectivity index (χ1) is 13.3. The molecule has 1 atom stereocenters. The van der Waals surface area contributed by atoms with Gasteiger partial charge >= 0.3 is 0 Å². The lowest BCUT2D eigenvalue weighted by Crippen LogP contribution is -2.45. The summed E-state index contributed by atoms with van der Waals surface area (Å²) in [7, 11) is 0. The highest BCUT2D eigenvalue weighted by molar-refractivity contribution is 5.96. The number of hydrogen-bond acceptors (Lipinski definition) is 3. The fourth-order valence-electron chi connectivity index (χ4n) is 3.23. The van der Waals surface area contributed by atoms with Gasteiger partial charge in [-0.05, 0) is 36.1 Å². The highest BCUT2D eigenvalue weighted by Gasteiger charge is 2.25. The van der Waals surface area contributed by atoms with Crippen molar-refractivity contribution >= 4 is 11.8 Å². The van der Waals surface area contributed by atoms with Gasteiger partial charge in [0.25, 0.3) is 5.91 Å². The van der Waals surface area contributed by atoms with E-state index in [1.807, 2.05) is 43.3 Å². The minimum Gasteiger partial charge on any atom is -0.491 e. The lowest BCUT2D eigenvalue weighted by atomic mass is 9.87. The summed E-state index contributed by atoms with van der Waals surface area (Å²) in [5.41, 5.74) is 2.73. The van der Waals surface area contributed by atoms with E-state index in [1.165, 1.54) is 0 Å². The molecule has 5 heteroatoms. The van der Waals surface area contributed by atoms with Gasteiger partial charge in [-0.1, -0.05) is 51.1 Å². The molecule has 3 rings (SSSR count). The van der Waals surface area contributed by atoms with Gasteiger partial charge in [-0.15, -0.1) is 0 Å². The van der Waals surface area contributed by atoms with Gasteiger partial charge < -0.3 is 15.0 Å². The van der Waals surface area contributed by atoms with Gasteiger partial charge in [0.1, 0.15) is 12.4 Å². The number of carbonyl (C=O) groups excluding carboxylic acids is 2. The largest absolute Gasteiger partial charge is 0.491 e. The first-order valence-electron chi connectivity index (χ1n) is 9.64. The molecule has 1 N–H and O–H groups in total. The van der Waals surface area contributed by atoms with Crippen LogP contribution in [0.1, 0.15) is 49.2 Å². The van der Waals surface area contributed by atoms with Gasteiger partial charge in [0.15, 0.2) is 0 Å². The van der Waals surface area contributed by atoms with Crippen molar-refractivity contribution in [3.8, 4) is 5.75 Å². The van der Waals surface area contributed by atoms with Gasteiger partial charge in [0.05, 0.1) is 12.6 Å². The Morgan fingerprint density at radius 1 is 1.11 bits per heavy atom. The Labute approximate surface area is 166 Å². The third-order valence-electron chi connectivity index (χ3n) is 5.06. The molecule has 0 bridgehead atoms. The van der Waals surface area contributed by atoms with Crippen LogP contribution in [0.4, 0.5) is 0 Å². The number of amides is 2. The van der Waals surface area contributed by atoms with E-state index in [0.29, 0.717) is 18.7 Å². The smallest absolute Gasteiger partial charge is 0.251 e. The molecular weight excluding hydrogens is 352 g/mol.